The SMILES string of the molecule is Cc1ncsc1CCOc1cc2c(cc1C(=O)O)OCO2. The van der Waals surface area contributed by atoms with E-state index in [9.17, 15) is 9.90 Å². The summed E-state index contributed by atoms with van der Waals surface area (Å²) in [6, 6.07) is 2.99. The highest BCUT2D eigenvalue weighted by molar-refractivity contribution is 7.09. The number of ether oxygens (including phenoxy) is 3. The number of hydrogen-bond acceptors (Lipinski definition) is 6. The third-order valence-electron chi connectivity index (χ3n) is 3.14. The second-order valence-corrected chi connectivity index (χ2v) is 5.41. The fourth-order valence-corrected chi connectivity index (χ4v) is 2.79. The van der Waals surface area contributed by atoms with Gasteiger partial charge in [-0.1, -0.05) is 0 Å². The highest BCUT2D eigenvalue weighted by Gasteiger charge is 2.21. The number of aromatic nitrogens is 1. The molecule has 0 radical (unpaired) electrons. The molecule has 0 spiro atoms. The Hall–Kier alpha value is -2.28. The maximum absolute atomic E-state index is 11.3. The summed E-state index contributed by atoms with van der Waals surface area (Å²) in [5.74, 6) is 0.160. The second-order valence-electron chi connectivity index (χ2n) is 4.47. The molecular weight excluding hydrogens is 294 g/mol. The lowest BCUT2D eigenvalue weighted by Gasteiger charge is -2.10. The molecule has 0 amide bonds. The molecule has 21 heavy (non-hydrogen) atoms. The van der Waals surface area contributed by atoms with E-state index in [1.807, 2.05) is 6.92 Å². The van der Waals surface area contributed by atoms with E-state index < -0.39 is 5.97 Å². The monoisotopic (exact) mass is 307 g/mol. The molecule has 1 N–H and O–H groups in total. The van der Waals surface area contributed by atoms with Gasteiger partial charge in [0.25, 0.3) is 0 Å². The zero-order valence-electron chi connectivity index (χ0n) is 11.3. The largest absolute Gasteiger partial charge is 0.492 e. The van der Waals surface area contributed by atoms with Crippen molar-refractivity contribution in [3.63, 3.8) is 0 Å². The highest BCUT2D eigenvalue weighted by Crippen LogP contribution is 2.38. The molecule has 0 saturated carbocycles. The van der Waals surface area contributed by atoms with Gasteiger partial charge in [-0.3, -0.25) is 0 Å². The van der Waals surface area contributed by atoms with Gasteiger partial charge in [-0.25, -0.2) is 9.78 Å². The lowest BCUT2D eigenvalue weighted by Crippen LogP contribution is -2.06. The minimum atomic E-state index is -1.06. The van der Waals surface area contributed by atoms with Gasteiger partial charge in [0.15, 0.2) is 11.5 Å². The smallest absolute Gasteiger partial charge is 0.339 e. The van der Waals surface area contributed by atoms with Crippen molar-refractivity contribution < 1.29 is 24.1 Å². The molecule has 2 aromatic rings. The molecule has 1 aromatic heterocycles. The number of carboxylic acid groups (broad SMARTS) is 1. The van der Waals surface area contributed by atoms with E-state index in [1.165, 1.54) is 6.07 Å². The standard InChI is InChI=1S/C14H13NO5S/c1-8-13(21-6-15-8)2-3-18-10-5-12-11(19-7-20-12)4-9(10)14(16)17/h4-6H,2-3,7H2,1H3,(H,16,17). The van der Waals surface area contributed by atoms with E-state index in [1.54, 1.807) is 22.9 Å². The Kier molecular flexibility index (Phi) is 3.66. The summed E-state index contributed by atoms with van der Waals surface area (Å²) in [6.07, 6.45) is 0.685. The van der Waals surface area contributed by atoms with Gasteiger partial charge in [0.1, 0.15) is 11.3 Å². The summed E-state index contributed by atoms with van der Waals surface area (Å²) in [6.45, 7) is 2.41. The molecule has 1 aromatic carbocycles. The minimum absolute atomic E-state index is 0.0697. The van der Waals surface area contributed by atoms with Crippen molar-refractivity contribution in [1.29, 1.82) is 0 Å². The fourth-order valence-electron chi connectivity index (χ4n) is 2.03. The molecule has 2 heterocycles. The number of fused-ring (bicyclic) bond motifs is 1. The Morgan fingerprint density at radius 2 is 2.19 bits per heavy atom. The Morgan fingerprint density at radius 1 is 1.43 bits per heavy atom. The second kappa shape index (κ2) is 5.61. The van der Waals surface area contributed by atoms with Crippen LogP contribution in [0.4, 0.5) is 0 Å². The first-order valence-corrected chi connectivity index (χ1v) is 7.22. The lowest BCUT2D eigenvalue weighted by molar-refractivity contribution is 0.0692. The van der Waals surface area contributed by atoms with Crippen LogP contribution in [0.25, 0.3) is 0 Å². The maximum atomic E-state index is 11.3. The number of benzene rings is 1. The van der Waals surface area contributed by atoms with Crippen molar-refractivity contribution in [2.24, 2.45) is 0 Å². The van der Waals surface area contributed by atoms with Crippen LogP contribution in [0.1, 0.15) is 20.9 Å². The molecule has 6 nitrogen and oxygen atoms in total. The summed E-state index contributed by atoms with van der Waals surface area (Å²) in [4.78, 5) is 16.6. The third-order valence-corrected chi connectivity index (χ3v) is 4.13. The van der Waals surface area contributed by atoms with Crippen LogP contribution in [-0.2, 0) is 6.42 Å². The number of nitrogens with zero attached hydrogens (tertiary/aromatic N) is 1. The molecule has 0 fully saturated rings. The zero-order valence-corrected chi connectivity index (χ0v) is 12.1. The average Bonchev–Trinajstić information content (AvgIpc) is 3.06. The van der Waals surface area contributed by atoms with Gasteiger partial charge >= 0.3 is 5.97 Å². The van der Waals surface area contributed by atoms with Crippen LogP contribution in [0.2, 0.25) is 0 Å². The molecule has 0 aliphatic carbocycles. The predicted molar refractivity (Wildman–Crippen MR) is 75.6 cm³/mol. The molecule has 0 bridgehead atoms. The molecule has 1 aliphatic heterocycles. The van der Waals surface area contributed by atoms with Crippen molar-refractivity contribution in [3.8, 4) is 17.2 Å². The first-order chi connectivity index (χ1) is 10.1. The van der Waals surface area contributed by atoms with Crippen LogP contribution >= 0.6 is 11.3 Å². The molecule has 1 aliphatic rings. The van der Waals surface area contributed by atoms with Gasteiger partial charge in [-0.2, -0.15) is 0 Å². The Bertz CT molecular complexity index is 682. The van der Waals surface area contributed by atoms with Crippen LogP contribution in [0.5, 0.6) is 17.2 Å². The van der Waals surface area contributed by atoms with E-state index in [0.29, 0.717) is 24.5 Å². The number of carbonyl (C=O) groups is 1. The van der Waals surface area contributed by atoms with Gasteiger partial charge in [0, 0.05) is 23.4 Å². The Balaban J connectivity index is 1.75. The topological polar surface area (TPSA) is 77.9 Å². The van der Waals surface area contributed by atoms with Crippen molar-refractivity contribution in [2.45, 2.75) is 13.3 Å². The summed E-state index contributed by atoms with van der Waals surface area (Å²) >= 11 is 1.56. The van der Waals surface area contributed by atoms with Crippen LogP contribution in [0.15, 0.2) is 17.6 Å². The van der Waals surface area contributed by atoms with Gasteiger partial charge in [-0.15, -0.1) is 11.3 Å². The van der Waals surface area contributed by atoms with Crippen molar-refractivity contribution in [1.82, 2.24) is 4.98 Å². The maximum Gasteiger partial charge on any atom is 0.339 e. The molecule has 0 atom stereocenters. The number of carboxylic acids is 1. The zero-order chi connectivity index (χ0) is 14.8. The van der Waals surface area contributed by atoms with E-state index in [0.717, 1.165) is 10.6 Å². The first kappa shape index (κ1) is 13.7. The summed E-state index contributed by atoms with van der Waals surface area (Å²) in [7, 11) is 0. The summed E-state index contributed by atoms with van der Waals surface area (Å²) in [5.41, 5.74) is 2.83. The molecule has 0 saturated heterocycles. The molecule has 110 valence electrons. The Labute approximate surface area is 124 Å². The van der Waals surface area contributed by atoms with Crippen molar-refractivity contribution >= 4 is 17.3 Å². The van der Waals surface area contributed by atoms with Crippen LogP contribution in [0.3, 0.4) is 0 Å². The molecular formula is C14H13NO5S. The normalized spacial score (nSPS) is 12.4. The molecule has 0 unspecified atom stereocenters. The highest BCUT2D eigenvalue weighted by atomic mass is 32.1. The predicted octanol–water partition coefficient (Wildman–Crippen LogP) is 2.50. The number of hydrogen-bond donors (Lipinski definition) is 1. The minimum Gasteiger partial charge on any atom is -0.492 e. The summed E-state index contributed by atoms with van der Waals surface area (Å²) in [5, 5.41) is 9.24. The quantitative estimate of drug-likeness (QED) is 0.914. The van der Waals surface area contributed by atoms with E-state index in [2.05, 4.69) is 4.98 Å². The van der Waals surface area contributed by atoms with Crippen molar-refractivity contribution in [3.05, 3.63) is 33.8 Å². The van der Waals surface area contributed by atoms with Crippen molar-refractivity contribution in [2.75, 3.05) is 13.4 Å². The lowest BCUT2D eigenvalue weighted by atomic mass is 10.2. The number of thiazole rings is 1. The number of aryl methyl sites for hydroxylation is 1. The van der Waals surface area contributed by atoms with Crippen LogP contribution in [-0.4, -0.2) is 29.5 Å². The van der Waals surface area contributed by atoms with E-state index in [4.69, 9.17) is 14.2 Å². The van der Waals surface area contributed by atoms with E-state index in [-0.39, 0.29) is 18.1 Å². The number of rotatable bonds is 5. The third kappa shape index (κ3) is 2.78. The fraction of sp³-hybridized carbons (Fsp3) is 0.286. The summed E-state index contributed by atoms with van der Waals surface area (Å²) < 4.78 is 16.0. The van der Waals surface area contributed by atoms with Gasteiger partial charge in [0.05, 0.1) is 17.8 Å². The number of aromatic carboxylic acids is 1. The van der Waals surface area contributed by atoms with Gasteiger partial charge in [0.2, 0.25) is 6.79 Å². The van der Waals surface area contributed by atoms with E-state index >= 15 is 0 Å². The van der Waals surface area contributed by atoms with Crippen LogP contribution < -0.4 is 14.2 Å². The van der Waals surface area contributed by atoms with Gasteiger partial charge in [-0.05, 0) is 6.92 Å². The molecule has 3 rings (SSSR count). The first-order valence-electron chi connectivity index (χ1n) is 6.34. The average molecular weight is 307 g/mol. The van der Waals surface area contributed by atoms with Crippen LogP contribution in [0, 0.1) is 6.92 Å². The molecule has 7 heteroatoms. The van der Waals surface area contributed by atoms with Gasteiger partial charge < -0.3 is 19.3 Å². The Morgan fingerprint density at radius 3 is 2.86 bits per heavy atom.